The third-order valence-corrected chi connectivity index (χ3v) is 1.11. The topological polar surface area (TPSA) is 17.8 Å². The van der Waals surface area contributed by atoms with Crippen LogP contribution in [-0.2, 0) is 6.54 Å². The van der Waals surface area contributed by atoms with Crippen LogP contribution in [0.25, 0.3) is 0 Å². The first-order valence-corrected chi connectivity index (χ1v) is 3.00. The van der Waals surface area contributed by atoms with Gasteiger partial charge in [-0.15, -0.1) is 0 Å². The molecule has 0 amide bonds. The molecule has 48 valence electrons. The first-order valence-electron chi connectivity index (χ1n) is 3.00. The molecule has 0 atom stereocenters. The van der Waals surface area contributed by atoms with Gasteiger partial charge in [0.2, 0.25) is 0 Å². The van der Waals surface area contributed by atoms with Gasteiger partial charge in [0.1, 0.15) is 0 Å². The second kappa shape index (κ2) is 3.07. The van der Waals surface area contributed by atoms with Gasteiger partial charge in [-0.3, -0.25) is 0 Å². The molecular weight excluding hydrogens is 112 g/mol. The summed E-state index contributed by atoms with van der Waals surface area (Å²) in [7, 11) is 0. The first-order chi connectivity index (χ1) is 4.43. The molecule has 2 heteroatoms. The second-order valence-electron chi connectivity index (χ2n) is 1.83. The molecule has 0 aliphatic carbocycles. The van der Waals surface area contributed by atoms with Crippen LogP contribution in [-0.4, -0.2) is 9.55 Å². The summed E-state index contributed by atoms with van der Waals surface area (Å²) >= 11 is 0. The van der Waals surface area contributed by atoms with Gasteiger partial charge in [0.15, 0.2) is 0 Å². The molecule has 0 aliphatic rings. The van der Waals surface area contributed by atoms with Crippen molar-refractivity contribution in [2.75, 3.05) is 0 Å². The monoisotopic (exact) mass is 122 g/mol. The lowest BCUT2D eigenvalue weighted by atomic mass is 10.5. The normalized spacial score (nSPS) is 10.8. The summed E-state index contributed by atoms with van der Waals surface area (Å²) in [5.74, 6) is 0. The van der Waals surface area contributed by atoms with E-state index in [1.165, 1.54) is 0 Å². The minimum Gasteiger partial charge on any atom is -0.334 e. The van der Waals surface area contributed by atoms with E-state index in [4.69, 9.17) is 0 Å². The van der Waals surface area contributed by atoms with Crippen molar-refractivity contribution < 1.29 is 0 Å². The maximum atomic E-state index is 3.90. The Morgan fingerprint density at radius 2 is 2.56 bits per heavy atom. The fourth-order valence-corrected chi connectivity index (χ4v) is 0.622. The van der Waals surface area contributed by atoms with Crippen LogP contribution in [0.15, 0.2) is 30.9 Å². The summed E-state index contributed by atoms with van der Waals surface area (Å²) in [6.45, 7) is 2.94. The van der Waals surface area contributed by atoms with Gasteiger partial charge in [-0.25, -0.2) is 4.98 Å². The average molecular weight is 122 g/mol. The molecule has 1 aromatic rings. The van der Waals surface area contributed by atoms with E-state index in [9.17, 15) is 0 Å². The summed E-state index contributed by atoms with van der Waals surface area (Å²) < 4.78 is 2.01. The van der Waals surface area contributed by atoms with E-state index in [1.54, 1.807) is 12.5 Å². The number of allylic oxidation sites excluding steroid dienone is 2. The Kier molecular flexibility index (Phi) is 2.07. The number of aromatic nitrogens is 2. The minimum atomic E-state index is 0.927. The van der Waals surface area contributed by atoms with Crippen LogP contribution in [0.2, 0.25) is 0 Å². The molecule has 0 unspecified atom stereocenters. The summed E-state index contributed by atoms with van der Waals surface area (Å²) in [5, 5.41) is 0. The molecule has 0 aromatic carbocycles. The molecule has 9 heavy (non-hydrogen) atoms. The van der Waals surface area contributed by atoms with Crippen molar-refractivity contribution in [3.8, 4) is 0 Å². The van der Waals surface area contributed by atoms with Gasteiger partial charge in [-0.1, -0.05) is 12.2 Å². The van der Waals surface area contributed by atoms with Gasteiger partial charge >= 0.3 is 0 Å². The quantitative estimate of drug-likeness (QED) is 0.543. The van der Waals surface area contributed by atoms with E-state index in [2.05, 4.69) is 11.1 Å². The van der Waals surface area contributed by atoms with E-state index < -0.39 is 0 Å². The molecule has 0 saturated carbocycles. The highest BCUT2D eigenvalue weighted by molar-refractivity contribution is 4.82. The third kappa shape index (κ3) is 1.72. The molecule has 0 saturated heterocycles. The number of imidazole rings is 1. The van der Waals surface area contributed by atoms with Gasteiger partial charge < -0.3 is 4.57 Å². The van der Waals surface area contributed by atoms with Crippen molar-refractivity contribution in [3.63, 3.8) is 0 Å². The molecule has 0 N–H and O–H groups in total. The molecule has 0 bridgehead atoms. The van der Waals surface area contributed by atoms with Gasteiger partial charge in [0.05, 0.1) is 6.33 Å². The molecule has 0 radical (unpaired) electrons. The molecule has 0 fully saturated rings. The predicted molar refractivity (Wildman–Crippen MR) is 37.0 cm³/mol. The van der Waals surface area contributed by atoms with Crippen LogP contribution in [0.1, 0.15) is 6.92 Å². The Labute approximate surface area is 54.8 Å². The molecule has 0 spiro atoms. The zero-order valence-electron chi connectivity index (χ0n) is 5.49. The van der Waals surface area contributed by atoms with Gasteiger partial charge in [-0.05, 0) is 6.92 Å². The molecule has 2 nitrogen and oxygen atoms in total. The summed E-state index contributed by atoms with van der Waals surface area (Å²) in [5.41, 5.74) is 0. The fraction of sp³-hybridized carbons (Fsp3) is 0.286. The molecule has 1 rings (SSSR count). The SMILES string of the molecule is CC=CCn1ccnc1. The highest BCUT2D eigenvalue weighted by atomic mass is 15.0. The highest BCUT2D eigenvalue weighted by Gasteiger charge is 1.80. The zero-order valence-corrected chi connectivity index (χ0v) is 5.49. The van der Waals surface area contributed by atoms with Crippen LogP contribution >= 0.6 is 0 Å². The maximum absolute atomic E-state index is 3.90. The minimum absolute atomic E-state index is 0.927. The Hall–Kier alpha value is -1.05. The van der Waals surface area contributed by atoms with E-state index in [0.29, 0.717) is 0 Å². The van der Waals surface area contributed by atoms with Crippen LogP contribution in [0.4, 0.5) is 0 Å². The number of nitrogens with zero attached hydrogens (tertiary/aromatic N) is 2. The summed E-state index contributed by atoms with van der Waals surface area (Å²) in [6, 6.07) is 0. The lowest BCUT2D eigenvalue weighted by molar-refractivity contribution is 0.819. The Morgan fingerprint density at radius 1 is 1.67 bits per heavy atom. The standard InChI is InChI=1S/C7H10N2/c1-2-3-5-9-6-4-8-7-9/h2-4,6-7H,5H2,1H3. The number of hydrogen-bond acceptors (Lipinski definition) is 1. The van der Waals surface area contributed by atoms with Crippen molar-refractivity contribution in [1.82, 2.24) is 9.55 Å². The maximum Gasteiger partial charge on any atom is 0.0948 e. The largest absolute Gasteiger partial charge is 0.334 e. The Balaban J connectivity index is 2.48. The number of rotatable bonds is 2. The predicted octanol–water partition coefficient (Wildman–Crippen LogP) is 1.46. The third-order valence-electron chi connectivity index (χ3n) is 1.11. The van der Waals surface area contributed by atoms with Crippen LogP contribution in [0, 0.1) is 0 Å². The van der Waals surface area contributed by atoms with Crippen molar-refractivity contribution in [3.05, 3.63) is 30.9 Å². The van der Waals surface area contributed by atoms with E-state index in [1.807, 2.05) is 23.8 Å². The first kappa shape index (κ1) is 6.08. The molecule has 1 heterocycles. The van der Waals surface area contributed by atoms with Crippen molar-refractivity contribution in [2.24, 2.45) is 0 Å². The number of hydrogen-bond donors (Lipinski definition) is 0. The average Bonchev–Trinajstić information content (AvgIpc) is 2.34. The van der Waals surface area contributed by atoms with Crippen LogP contribution in [0.5, 0.6) is 0 Å². The fourth-order valence-electron chi connectivity index (χ4n) is 0.622. The summed E-state index contributed by atoms with van der Waals surface area (Å²) in [4.78, 5) is 3.90. The Bertz CT molecular complexity index is 175. The Morgan fingerprint density at radius 3 is 3.11 bits per heavy atom. The van der Waals surface area contributed by atoms with E-state index in [0.717, 1.165) is 6.54 Å². The van der Waals surface area contributed by atoms with Gasteiger partial charge in [0.25, 0.3) is 0 Å². The van der Waals surface area contributed by atoms with Crippen molar-refractivity contribution in [2.45, 2.75) is 13.5 Å². The summed E-state index contributed by atoms with van der Waals surface area (Å²) in [6.07, 6.45) is 9.64. The second-order valence-corrected chi connectivity index (χ2v) is 1.83. The van der Waals surface area contributed by atoms with Crippen LogP contribution in [0.3, 0.4) is 0 Å². The highest BCUT2D eigenvalue weighted by Crippen LogP contribution is 1.85. The van der Waals surface area contributed by atoms with E-state index >= 15 is 0 Å². The zero-order chi connectivity index (χ0) is 6.53. The van der Waals surface area contributed by atoms with Gasteiger partial charge in [-0.2, -0.15) is 0 Å². The smallest absolute Gasteiger partial charge is 0.0948 e. The van der Waals surface area contributed by atoms with Crippen molar-refractivity contribution >= 4 is 0 Å². The molecule has 0 aliphatic heterocycles. The lowest BCUT2D eigenvalue weighted by Crippen LogP contribution is -1.88. The van der Waals surface area contributed by atoms with E-state index in [-0.39, 0.29) is 0 Å². The molecule has 1 aromatic heterocycles. The van der Waals surface area contributed by atoms with Crippen molar-refractivity contribution in [1.29, 1.82) is 0 Å². The lowest BCUT2D eigenvalue weighted by Gasteiger charge is -1.91. The molecular formula is C7H10N2. The van der Waals surface area contributed by atoms with Crippen LogP contribution < -0.4 is 0 Å². The van der Waals surface area contributed by atoms with Gasteiger partial charge in [0, 0.05) is 18.9 Å².